The van der Waals surface area contributed by atoms with E-state index >= 15 is 4.39 Å². The molecule has 8 rings (SSSR count). The lowest BCUT2D eigenvalue weighted by Gasteiger charge is -2.41. The van der Waals surface area contributed by atoms with E-state index in [1.807, 2.05) is 21.9 Å². The van der Waals surface area contributed by atoms with Gasteiger partial charge in [0.1, 0.15) is 36.0 Å². The van der Waals surface area contributed by atoms with Crippen LogP contribution in [0.5, 0.6) is 6.01 Å². The number of pyridine rings is 1. The molecule has 10 nitrogen and oxygen atoms in total. The van der Waals surface area contributed by atoms with Gasteiger partial charge in [0.15, 0.2) is 5.82 Å². The quantitative estimate of drug-likeness (QED) is 0.238. The van der Waals surface area contributed by atoms with Crippen molar-refractivity contribution in [1.29, 1.82) is 5.26 Å². The molecule has 274 valence electrons. The van der Waals surface area contributed by atoms with E-state index in [9.17, 15) is 18.8 Å². The second-order valence-electron chi connectivity index (χ2n) is 14.9. The topological polar surface area (TPSA) is 102 Å². The molecule has 6 heterocycles. The lowest BCUT2D eigenvalue weighted by Crippen LogP contribution is -2.55. The molecule has 1 aliphatic carbocycles. The van der Waals surface area contributed by atoms with Gasteiger partial charge in [0, 0.05) is 75.1 Å². The third-order valence-corrected chi connectivity index (χ3v) is 11.7. The molecule has 4 saturated heterocycles. The molecule has 2 aromatic heterocycles. The van der Waals surface area contributed by atoms with Crippen molar-refractivity contribution in [3.05, 3.63) is 53.0 Å². The van der Waals surface area contributed by atoms with Gasteiger partial charge in [-0.2, -0.15) is 15.2 Å². The van der Waals surface area contributed by atoms with Gasteiger partial charge >= 0.3 is 6.01 Å². The number of aromatic nitrogens is 3. The number of piperazine rings is 1. The van der Waals surface area contributed by atoms with Gasteiger partial charge in [0.25, 0.3) is 0 Å². The van der Waals surface area contributed by atoms with E-state index in [-0.39, 0.29) is 48.6 Å². The normalized spacial score (nSPS) is 26.8. The lowest BCUT2D eigenvalue weighted by molar-refractivity contribution is -0.128. The minimum atomic E-state index is -0.935. The predicted octanol–water partition coefficient (Wildman–Crippen LogP) is 5.85. The predicted molar refractivity (Wildman–Crippen MR) is 191 cm³/mol. The number of carbonyl (C=O) groups excluding carboxylic acids is 1. The van der Waals surface area contributed by atoms with Crippen LogP contribution in [0.4, 0.5) is 19.0 Å². The number of hydrogen-bond acceptors (Lipinski definition) is 9. The molecule has 5 fully saturated rings. The van der Waals surface area contributed by atoms with E-state index in [4.69, 9.17) is 21.3 Å². The fourth-order valence-corrected chi connectivity index (χ4v) is 8.99. The summed E-state index contributed by atoms with van der Waals surface area (Å²) in [5.74, 6) is -0.207. The summed E-state index contributed by atoms with van der Waals surface area (Å²) in [6, 6.07) is 7.15. The van der Waals surface area contributed by atoms with Crippen molar-refractivity contribution in [2.45, 2.75) is 74.8 Å². The van der Waals surface area contributed by atoms with Crippen molar-refractivity contribution >= 4 is 34.2 Å². The van der Waals surface area contributed by atoms with Gasteiger partial charge in [0.05, 0.1) is 29.5 Å². The second kappa shape index (κ2) is 14.4. The minimum Gasteiger partial charge on any atom is -0.461 e. The van der Waals surface area contributed by atoms with E-state index in [0.29, 0.717) is 73.9 Å². The van der Waals surface area contributed by atoms with E-state index in [2.05, 4.69) is 20.9 Å². The Bertz CT molecular complexity index is 1920. The number of alkyl halides is 2. The molecule has 1 amide bonds. The Hall–Kier alpha value is -3.99. The molecule has 3 aromatic rings. The SMILES string of the molecule is N#CC[C@H]1CN(c2nc(OC[C@@]34CCCN3C[C@H](F)C4)nc3c(F)c(-c4cccc(Cl)c4C4CC4)ncc23)CCN1C(=O)/C=C/CN1CC[C@H](F)C1. The van der Waals surface area contributed by atoms with Crippen LogP contribution in [0.1, 0.15) is 56.4 Å². The molecule has 0 bridgehead atoms. The Balaban J connectivity index is 1.11. The molecule has 1 saturated carbocycles. The average Bonchev–Trinajstić information content (AvgIpc) is 3.65. The lowest BCUT2D eigenvalue weighted by atomic mass is 9.95. The van der Waals surface area contributed by atoms with Crippen LogP contribution in [-0.4, -0.2) is 118 Å². The highest BCUT2D eigenvalue weighted by Crippen LogP contribution is 2.48. The van der Waals surface area contributed by atoms with E-state index in [1.54, 1.807) is 23.2 Å². The Morgan fingerprint density at radius 3 is 2.75 bits per heavy atom. The van der Waals surface area contributed by atoms with Crippen molar-refractivity contribution in [2.24, 2.45) is 0 Å². The number of hydrogen-bond donors (Lipinski definition) is 0. The standard InChI is InChI=1S/C38H42ClF3N8O2/c39-30-5-1-4-28(32(30)24-7-8-24)34-33(42)35-29(19-44-34)36(46-37(45-35)52-23-38-11-3-14-49(38)21-26(41)18-38)48-16-17-50(27(22-48)9-12-43)31(51)6-2-13-47-15-10-25(40)20-47/h1-2,4-6,19,24-27H,3,7-11,13-18,20-23H2/b6-2+/t25-,26+,27-,38-/m0/s1. The van der Waals surface area contributed by atoms with Gasteiger partial charge in [-0.25, -0.2) is 13.2 Å². The molecule has 0 N–H and O–H groups in total. The van der Waals surface area contributed by atoms with Gasteiger partial charge in [-0.15, -0.1) is 0 Å². The summed E-state index contributed by atoms with van der Waals surface area (Å²) in [5.41, 5.74) is 1.23. The molecule has 14 heteroatoms. The maximum atomic E-state index is 16.8. The van der Waals surface area contributed by atoms with Crippen LogP contribution in [0.25, 0.3) is 22.2 Å². The molecule has 0 spiro atoms. The fourth-order valence-electron chi connectivity index (χ4n) is 8.66. The van der Waals surface area contributed by atoms with Gasteiger partial charge in [-0.05, 0) is 56.2 Å². The van der Waals surface area contributed by atoms with Crippen molar-refractivity contribution in [3.8, 4) is 23.3 Å². The van der Waals surface area contributed by atoms with Gasteiger partial charge in [-0.1, -0.05) is 29.8 Å². The first-order valence-corrected chi connectivity index (χ1v) is 18.7. The van der Waals surface area contributed by atoms with Gasteiger partial charge in [-0.3, -0.25) is 19.6 Å². The maximum Gasteiger partial charge on any atom is 0.319 e. The number of benzene rings is 1. The first kappa shape index (κ1) is 35.1. The minimum absolute atomic E-state index is 0.0219. The van der Waals surface area contributed by atoms with E-state index < -0.39 is 29.7 Å². The first-order chi connectivity index (χ1) is 25.2. The number of carbonyl (C=O) groups is 1. The van der Waals surface area contributed by atoms with Crippen LogP contribution < -0.4 is 9.64 Å². The molecule has 0 radical (unpaired) electrons. The number of halogens is 4. The average molecular weight is 735 g/mol. The van der Waals surface area contributed by atoms with Crippen LogP contribution in [0, 0.1) is 17.1 Å². The molecule has 0 unspecified atom stereocenters. The highest BCUT2D eigenvalue weighted by Gasteiger charge is 2.49. The molecule has 1 aromatic carbocycles. The van der Waals surface area contributed by atoms with E-state index in [1.165, 1.54) is 6.08 Å². The first-order valence-electron chi connectivity index (χ1n) is 18.4. The summed E-state index contributed by atoms with van der Waals surface area (Å²) >= 11 is 6.63. The summed E-state index contributed by atoms with van der Waals surface area (Å²) < 4.78 is 51.3. The van der Waals surface area contributed by atoms with Crippen molar-refractivity contribution < 1.29 is 22.7 Å². The molecular weight excluding hydrogens is 693 g/mol. The zero-order valence-corrected chi connectivity index (χ0v) is 29.7. The number of anilines is 1. The van der Waals surface area contributed by atoms with Crippen molar-refractivity contribution in [3.63, 3.8) is 0 Å². The van der Waals surface area contributed by atoms with Gasteiger partial charge < -0.3 is 14.5 Å². The van der Waals surface area contributed by atoms with Crippen LogP contribution in [0.15, 0.2) is 36.5 Å². The smallest absolute Gasteiger partial charge is 0.319 e. The van der Waals surface area contributed by atoms with E-state index in [0.717, 1.165) is 37.8 Å². The van der Waals surface area contributed by atoms with Crippen LogP contribution in [0.2, 0.25) is 5.02 Å². The highest BCUT2D eigenvalue weighted by atomic mass is 35.5. The zero-order valence-electron chi connectivity index (χ0n) is 29.0. The fraction of sp³-hybridized carbons (Fsp3) is 0.553. The Morgan fingerprint density at radius 2 is 1.96 bits per heavy atom. The summed E-state index contributed by atoms with van der Waals surface area (Å²) in [5, 5.41) is 10.7. The number of nitrogens with zero attached hydrogens (tertiary/aromatic N) is 8. The van der Waals surface area contributed by atoms with Crippen LogP contribution >= 0.6 is 11.6 Å². The van der Waals surface area contributed by atoms with Crippen LogP contribution in [-0.2, 0) is 4.79 Å². The zero-order chi connectivity index (χ0) is 36.0. The Labute approximate surface area is 306 Å². The molecule has 52 heavy (non-hydrogen) atoms. The third kappa shape index (κ3) is 6.81. The summed E-state index contributed by atoms with van der Waals surface area (Å²) in [7, 11) is 0. The van der Waals surface area contributed by atoms with Crippen LogP contribution in [0.3, 0.4) is 0 Å². The second-order valence-corrected chi connectivity index (χ2v) is 15.3. The number of amides is 1. The molecule has 4 aliphatic heterocycles. The number of nitriles is 1. The number of ether oxygens (including phenoxy) is 1. The Morgan fingerprint density at radius 1 is 1.10 bits per heavy atom. The summed E-state index contributed by atoms with van der Waals surface area (Å²) in [6.45, 7) is 3.75. The van der Waals surface area contributed by atoms with Crippen molar-refractivity contribution in [1.82, 2.24) is 29.7 Å². The number of likely N-dealkylation sites (tertiary alicyclic amines) is 1. The monoisotopic (exact) mass is 734 g/mol. The Kier molecular flexibility index (Phi) is 9.74. The summed E-state index contributed by atoms with van der Waals surface area (Å²) in [6.07, 6.45) is 7.68. The molecule has 4 atom stereocenters. The molecule has 5 aliphatic rings. The van der Waals surface area contributed by atoms with Gasteiger partial charge in [0.2, 0.25) is 5.91 Å². The molecular formula is C38H42ClF3N8O2. The van der Waals surface area contributed by atoms with Crippen molar-refractivity contribution in [2.75, 3.05) is 63.9 Å². The largest absolute Gasteiger partial charge is 0.461 e. The highest BCUT2D eigenvalue weighted by molar-refractivity contribution is 6.32. The third-order valence-electron chi connectivity index (χ3n) is 11.4. The number of fused-ring (bicyclic) bond motifs is 2. The summed E-state index contributed by atoms with van der Waals surface area (Å²) in [4.78, 5) is 35.1. The maximum absolute atomic E-state index is 16.8. The number of rotatable bonds is 10.